The lowest BCUT2D eigenvalue weighted by atomic mass is 9.93. The van der Waals surface area contributed by atoms with E-state index in [4.69, 9.17) is 37.5 Å². The highest BCUT2D eigenvalue weighted by Gasteiger charge is 2.41. The highest BCUT2D eigenvalue weighted by molar-refractivity contribution is 8.05. The van der Waals surface area contributed by atoms with Gasteiger partial charge in [-0.25, -0.2) is 15.0 Å². The Hall–Kier alpha value is -0.570. The molecule has 0 saturated carbocycles. The maximum atomic E-state index is 11.4. The highest BCUT2D eigenvalue weighted by Crippen LogP contribution is 2.58. The number of rotatable bonds is 5. The third kappa shape index (κ3) is 3.91. The van der Waals surface area contributed by atoms with Crippen LogP contribution in [0.1, 0.15) is 20.1 Å². The van der Waals surface area contributed by atoms with E-state index in [9.17, 15) is 4.57 Å². The van der Waals surface area contributed by atoms with Crippen LogP contribution in [0.3, 0.4) is 0 Å². The van der Waals surface area contributed by atoms with Crippen molar-refractivity contribution >= 4 is 57.3 Å². The quantitative estimate of drug-likeness (QED) is 0.436. The molecule has 138 valence electrons. The van der Waals surface area contributed by atoms with Crippen LogP contribution in [-0.4, -0.2) is 38.5 Å². The first-order chi connectivity index (χ1) is 11.7. The van der Waals surface area contributed by atoms with Gasteiger partial charge in [-0.3, -0.25) is 9.13 Å². The summed E-state index contributed by atoms with van der Waals surface area (Å²) in [6.45, 7) is 4.14. The van der Waals surface area contributed by atoms with Crippen molar-refractivity contribution in [3.8, 4) is 0 Å². The zero-order valence-corrected chi connectivity index (χ0v) is 17.0. The molecule has 0 bridgehead atoms. The van der Waals surface area contributed by atoms with Crippen LogP contribution in [0.4, 0.5) is 5.82 Å². The van der Waals surface area contributed by atoms with E-state index in [1.807, 2.05) is 17.7 Å². The van der Waals surface area contributed by atoms with Crippen LogP contribution >= 0.6 is 40.3 Å². The summed E-state index contributed by atoms with van der Waals surface area (Å²) in [4.78, 5) is 13.0. The lowest BCUT2D eigenvalue weighted by molar-refractivity contribution is -0.0279. The van der Waals surface area contributed by atoms with Crippen molar-refractivity contribution < 1.29 is 13.8 Å². The number of imidazole rings is 1. The molecule has 25 heavy (non-hydrogen) atoms. The second-order valence-corrected chi connectivity index (χ2v) is 11.0. The lowest BCUT2D eigenvalue weighted by Crippen LogP contribution is -2.20. The summed E-state index contributed by atoms with van der Waals surface area (Å²) in [5.74, 6) is 0.586. The Bertz CT molecular complexity index is 831. The van der Waals surface area contributed by atoms with Crippen LogP contribution in [0.2, 0.25) is 0 Å². The molecule has 8 nitrogen and oxygen atoms in total. The molecule has 0 aromatic carbocycles. The summed E-state index contributed by atoms with van der Waals surface area (Å²) in [5.41, 5.74) is 7.12. The number of thioether (sulfide) groups is 1. The summed E-state index contributed by atoms with van der Waals surface area (Å²) < 4.78 is 24.3. The first-order valence-corrected chi connectivity index (χ1v) is 12.2. The third-order valence-corrected chi connectivity index (χ3v) is 6.04. The smallest absolute Gasteiger partial charge is 0.380 e. The Labute approximate surface area is 158 Å². The Kier molecular flexibility index (Phi) is 5.54. The molecule has 3 rings (SSSR count). The molecule has 12 heteroatoms. The molecule has 1 aliphatic rings. The first-order valence-electron chi connectivity index (χ1n) is 7.54. The fraction of sp³-hybridized carbons (Fsp3) is 0.615. The molecule has 2 aromatic rings. The number of hydrogen-bond donors (Lipinski definition) is 1. The Balaban J connectivity index is 1.90. The van der Waals surface area contributed by atoms with Crippen molar-refractivity contribution in [3.63, 3.8) is 0 Å². The van der Waals surface area contributed by atoms with Gasteiger partial charge in [0.05, 0.1) is 19.0 Å². The summed E-state index contributed by atoms with van der Waals surface area (Å²) in [5, 5.41) is 0.565. The molecule has 4 unspecified atom stereocenters. The van der Waals surface area contributed by atoms with Crippen LogP contribution in [0, 0.1) is 11.8 Å². The van der Waals surface area contributed by atoms with Crippen molar-refractivity contribution in [2.45, 2.75) is 31.3 Å². The predicted octanol–water partition coefficient (Wildman–Crippen LogP) is 3.90. The average Bonchev–Trinajstić information content (AvgIpc) is 3.08. The molecule has 2 N–H and O–H groups in total. The standard InChI is InChI=1S/C13H18Cl2N5O3PS/c1-6-7(2)12(23-8(6)4-22-24(14,15)21)20-5-17-9-10(16)18-13(25-3)19-11(9)20/h5-8,12H,4H2,1-3H3,(H2,16,18,19). The fourth-order valence-electron chi connectivity index (χ4n) is 2.89. The second-order valence-electron chi connectivity index (χ2n) is 5.91. The molecule has 2 aromatic heterocycles. The van der Waals surface area contributed by atoms with Gasteiger partial charge < -0.3 is 15.0 Å². The Morgan fingerprint density at radius 2 is 2.12 bits per heavy atom. The van der Waals surface area contributed by atoms with E-state index >= 15 is 0 Å². The third-order valence-electron chi connectivity index (χ3n) is 4.45. The predicted molar refractivity (Wildman–Crippen MR) is 99.0 cm³/mol. The topological polar surface area (TPSA) is 105 Å². The van der Waals surface area contributed by atoms with Crippen molar-refractivity contribution in [3.05, 3.63) is 6.33 Å². The maximum Gasteiger partial charge on any atom is 0.380 e. The van der Waals surface area contributed by atoms with Gasteiger partial charge in [0.2, 0.25) is 0 Å². The van der Waals surface area contributed by atoms with Gasteiger partial charge in [0.25, 0.3) is 0 Å². The van der Waals surface area contributed by atoms with Crippen molar-refractivity contribution in [2.75, 3.05) is 18.6 Å². The summed E-state index contributed by atoms with van der Waals surface area (Å²) >= 11 is 12.3. The van der Waals surface area contributed by atoms with E-state index in [0.29, 0.717) is 22.1 Å². The minimum atomic E-state index is -3.60. The highest BCUT2D eigenvalue weighted by atomic mass is 35.9. The molecule has 0 spiro atoms. The number of nitrogens with zero attached hydrogens (tertiary/aromatic N) is 4. The van der Waals surface area contributed by atoms with Gasteiger partial charge in [0, 0.05) is 5.92 Å². The fourth-order valence-corrected chi connectivity index (χ4v) is 3.92. The van der Waals surface area contributed by atoms with Gasteiger partial charge in [-0.2, -0.15) is 0 Å². The van der Waals surface area contributed by atoms with Crippen LogP contribution < -0.4 is 5.73 Å². The summed E-state index contributed by atoms with van der Waals surface area (Å²) in [6, 6.07) is 0. The molecular weight excluding hydrogens is 408 g/mol. The maximum absolute atomic E-state index is 11.4. The Morgan fingerprint density at radius 1 is 1.40 bits per heavy atom. The van der Waals surface area contributed by atoms with E-state index in [1.165, 1.54) is 11.8 Å². The Morgan fingerprint density at radius 3 is 2.76 bits per heavy atom. The monoisotopic (exact) mass is 425 g/mol. The van der Waals surface area contributed by atoms with Gasteiger partial charge in [-0.15, -0.1) is 0 Å². The van der Waals surface area contributed by atoms with E-state index in [1.54, 1.807) is 6.33 Å². The number of nitrogens with two attached hydrogens (primary N) is 1. The molecule has 0 aliphatic carbocycles. The number of anilines is 1. The van der Waals surface area contributed by atoms with Crippen LogP contribution in [0.5, 0.6) is 0 Å². The molecule has 1 aliphatic heterocycles. The van der Waals surface area contributed by atoms with E-state index < -0.39 is 6.07 Å². The van der Waals surface area contributed by atoms with Crippen molar-refractivity contribution in [2.24, 2.45) is 11.8 Å². The van der Waals surface area contributed by atoms with E-state index in [2.05, 4.69) is 21.9 Å². The minimum Gasteiger partial charge on any atom is -0.382 e. The van der Waals surface area contributed by atoms with Gasteiger partial charge in [-0.1, -0.05) is 25.6 Å². The normalized spacial score (nSPS) is 27.2. The SMILES string of the molecule is CSc1nc(N)c2ncn(C3OC(COP(=O)(Cl)Cl)C(C)C3C)c2n1. The average molecular weight is 426 g/mol. The molecule has 1 fully saturated rings. The molecule has 4 atom stereocenters. The number of fused-ring (bicyclic) bond motifs is 1. The van der Waals surface area contributed by atoms with Crippen LogP contribution in [0.15, 0.2) is 11.5 Å². The number of nitrogen functional groups attached to an aromatic ring is 1. The molecular formula is C13H18Cl2N5O3PS. The zero-order valence-electron chi connectivity index (χ0n) is 13.8. The molecule has 0 amide bonds. The second kappa shape index (κ2) is 7.21. The van der Waals surface area contributed by atoms with Gasteiger partial charge in [0.1, 0.15) is 11.7 Å². The van der Waals surface area contributed by atoms with Gasteiger partial charge >= 0.3 is 6.07 Å². The number of aromatic nitrogens is 4. The molecule has 0 radical (unpaired) electrons. The van der Waals surface area contributed by atoms with Crippen molar-refractivity contribution in [1.82, 2.24) is 19.5 Å². The molecule has 1 saturated heterocycles. The lowest BCUT2D eigenvalue weighted by Gasteiger charge is -2.18. The molecule has 3 heterocycles. The number of halogens is 2. The van der Waals surface area contributed by atoms with Gasteiger partial charge in [0.15, 0.2) is 16.6 Å². The zero-order chi connectivity index (χ0) is 18.4. The first kappa shape index (κ1) is 19.2. The van der Waals surface area contributed by atoms with E-state index in [0.717, 1.165) is 0 Å². The van der Waals surface area contributed by atoms with Gasteiger partial charge in [-0.05, 0) is 34.7 Å². The van der Waals surface area contributed by atoms with Crippen LogP contribution in [0.25, 0.3) is 11.2 Å². The number of hydrogen-bond acceptors (Lipinski definition) is 8. The van der Waals surface area contributed by atoms with E-state index in [-0.39, 0.29) is 30.8 Å². The summed E-state index contributed by atoms with van der Waals surface area (Å²) in [6.07, 6.45) is -0.695. The van der Waals surface area contributed by atoms with Crippen molar-refractivity contribution in [1.29, 1.82) is 0 Å². The largest absolute Gasteiger partial charge is 0.382 e. The summed E-state index contributed by atoms with van der Waals surface area (Å²) in [7, 11) is 0. The number of ether oxygens (including phenoxy) is 1. The van der Waals surface area contributed by atoms with Crippen LogP contribution in [-0.2, 0) is 13.8 Å². The minimum absolute atomic E-state index is 0.0477.